The molecule has 0 aliphatic heterocycles. The van der Waals surface area contributed by atoms with E-state index < -0.39 is 69.4 Å². The van der Waals surface area contributed by atoms with Crippen LogP contribution in [0.4, 0.5) is 13.2 Å². The van der Waals surface area contributed by atoms with Gasteiger partial charge < -0.3 is 44.9 Å². The van der Waals surface area contributed by atoms with Gasteiger partial charge in [-0.15, -0.1) is 7.92 Å². The molecule has 0 aliphatic rings. The summed E-state index contributed by atoms with van der Waals surface area (Å²) in [5, 5.41) is 49.7. The number of ketones is 2. The van der Waals surface area contributed by atoms with Crippen molar-refractivity contribution in [2.45, 2.75) is 125 Å². The van der Waals surface area contributed by atoms with Crippen LogP contribution in [-0.2, 0) is 57.4 Å². The number of alkyl halides is 3. The third-order valence-electron chi connectivity index (χ3n) is 5.65. The second kappa shape index (κ2) is 33.7. The van der Waals surface area contributed by atoms with Crippen LogP contribution in [0.15, 0.2) is 0 Å². The Morgan fingerprint density at radius 2 is 0.793 bits per heavy atom. The molecule has 0 aromatic carbocycles. The minimum atomic E-state index is -5.08. The minimum Gasteiger partial charge on any atom is -0.481 e. The normalized spacial score (nSPS) is 10.7. The Morgan fingerprint density at radius 1 is 0.500 bits per heavy atom. The lowest BCUT2D eigenvalue weighted by Crippen LogP contribution is -2.24. The molecule has 0 heterocycles. The van der Waals surface area contributed by atoms with E-state index in [-0.39, 0.29) is 61.7 Å². The summed E-state index contributed by atoms with van der Waals surface area (Å²) in [5.74, 6) is -8.04. The highest BCUT2D eigenvalue weighted by Crippen LogP contribution is 2.38. The van der Waals surface area contributed by atoms with Crippen LogP contribution in [0.3, 0.4) is 0 Å². The van der Waals surface area contributed by atoms with Crippen molar-refractivity contribution in [3.8, 4) is 0 Å². The van der Waals surface area contributed by atoms with Crippen molar-refractivity contribution in [2.75, 3.05) is 37.0 Å². The molecule has 0 rings (SSSR count). The maximum Gasteiger partial charge on any atom is 0.490 e. The zero-order valence-corrected chi connectivity index (χ0v) is 36.3. The summed E-state index contributed by atoms with van der Waals surface area (Å²) in [7, 11) is -1.81. The van der Waals surface area contributed by atoms with Gasteiger partial charge in [0.2, 0.25) is 0 Å². The number of carboxylic acid groups (broad SMARTS) is 6. The predicted molar refractivity (Wildman–Crippen MR) is 207 cm³/mol. The molecule has 338 valence electrons. The average molecular weight is 888 g/mol. The van der Waals surface area contributed by atoms with Crippen molar-refractivity contribution >= 4 is 75.2 Å². The van der Waals surface area contributed by atoms with Crippen molar-refractivity contribution < 1.29 is 101 Å². The second-order valence-electron chi connectivity index (χ2n) is 14.0. The Hall–Kier alpha value is -4.25. The summed E-state index contributed by atoms with van der Waals surface area (Å²) in [5.41, 5.74) is -0.821. The molecule has 18 nitrogen and oxygen atoms in total. The summed E-state index contributed by atoms with van der Waals surface area (Å²) in [6.07, 6.45) is -1.74. The van der Waals surface area contributed by atoms with Gasteiger partial charge in [0, 0.05) is 34.1 Å². The fourth-order valence-corrected chi connectivity index (χ4v) is 8.17. The molecule has 0 unspecified atom stereocenters. The number of carbonyl (C=O) groups is 10. The zero-order valence-electron chi connectivity index (χ0n) is 34.4. The number of hydrogen-bond acceptors (Lipinski definition) is 12. The molecule has 0 aromatic heterocycles. The highest BCUT2D eigenvalue weighted by atomic mass is 31.1. The van der Waals surface area contributed by atoms with Gasteiger partial charge in [0.05, 0.1) is 37.7 Å². The highest BCUT2D eigenvalue weighted by molar-refractivity contribution is 7.58. The number of hydrogen-bond donors (Lipinski definition) is 6. The lowest BCUT2D eigenvalue weighted by molar-refractivity contribution is -0.192. The Labute approximate surface area is 337 Å². The number of carbonyl (C=O) groups excluding carboxylic acids is 4. The molecule has 0 aromatic rings. The lowest BCUT2D eigenvalue weighted by Gasteiger charge is -2.18. The van der Waals surface area contributed by atoms with E-state index in [1.54, 1.807) is 20.8 Å². The SMILES string of the molecule is CC(=O)CC(=O)OC(C)(C)C.CC(=O)CCP(CCC(=O)O)CCC(=O)O.CC(=O)OC(C)(C)C.O=C(O)C(F)(F)F.O=C(O)CC[PH+](CCC(=O)O)CCC(=O)O. The molecule has 0 aliphatic carbocycles. The first-order valence-electron chi connectivity index (χ1n) is 17.4. The van der Waals surface area contributed by atoms with E-state index in [0.717, 1.165) is 0 Å². The molecule has 23 heteroatoms. The van der Waals surface area contributed by atoms with Crippen LogP contribution in [-0.4, -0.2) is 144 Å². The van der Waals surface area contributed by atoms with Gasteiger partial charge in [0.1, 0.15) is 29.2 Å². The smallest absolute Gasteiger partial charge is 0.481 e. The third-order valence-corrected chi connectivity index (χ3v) is 11.1. The van der Waals surface area contributed by atoms with E-state index in [1.807, 2.05) is 20.8 Å². The molecule has 0 saturated carbocycles. The Balaban J connectivity index is -0.000000209. The van der Waals surface area contributed by atoms with E-state index in [4.69, 9.17) is 44.9 Å². The maximum atomic E-state index is 10.8. The van der Waals surface area contributed by atoms with Crippen LogP contribution in [0.5, 0.6) is 0 Å². The molecule has 0 radical (unpaired) electrons. The lowest BCUT2D eigenvalue weighted by atomic mass is 10.2. The average Bonchev–Trinajstić information content (AvgIpc) is 2.97. The summed E-state index contributed by atoms with van der Waals surface area (Å²) >= 11 is 0. The number of halogens is 3. The maximum absolute atomic E-state index is 10.8. The Bertz CT molecular complexity index is 1180. The van der Waals surface area contributed by atoms with Crippen LogP contribution < -0.4 is 0 Å². The van der Waals surface area contributed by atoms with Crippen LogP contribution in [0.1, 0.15) is 107 Å². The standard InChI is InChI=1S/C10H17O5P.C9H15O6P.C8H14O3.C6H12O2.C2HF3O2/c1-8(11)2-5-16(6-3-9(12)13)7-4-10(14)15;10-7(11)1-4-16(5-2-8(12)13)6-3-9(14)15;1-6(9)5-7(10)11-8(2,3)4;1-5(7)8-6(2,3)4;3-2(4,5)1(6)7/h2-7H2,1H3,(H,12,13)(H,14,15);1-6H2,(H,10,11)(H,12,13)(H,14,15);5H2,1-4H3;1-4H3;(H,6,7)/p+1. The number of rotatable bonds is 20. The molecule has 0 spiro atoms. The molecule has 0 amide bonds. The van der Waals surface area contributed by atoms with E-state index in [9.17, 15) is 56.3 Å². The number of esters is 2. The fraction of sp³-hybridized carbons (Fsp3) is 0.714. The molecule has 0 saturated heterocycles. The molecule has 58 heavy (non-hydrogen) atoms. The monoisotopic (exact) mass is 887 g/mol. The number of Topliss-reactive ketones (excluding diaryl/α,β-unsaturated/α-hetero) is 2. The molecular weight excluding hydrogens is 827 g/mol. The summed E-state index contributed by atoms with van der Waals surface area (Å²) in [4.78, 5) is 103. The van der Waals surface area contributed by atoms with Gasteiger partial charge in [-0.2, -0.15) is 13.2 Å². The van der Waals surface area contributed by atoms with Gasteiger partial charge in [-0.05, 0) is 73.9 Å². The van der Waals surface area contributed by atoms with E-state index in [0.29, 0.717) is 43.4 Å². The van der Waals surface area contributed by atoms with Crippen LogP contribution in [0.25, 0.3) is 0 Å². The first-order valence-corrected chi connectivity index (χ1v) is 21.4. The summed E-state index contributed by atoms with van der Waals surface area (Å²) in [6, 6.07) is 0. The van der Waals surface area contributed by atoms with Crippen LogP contribution in [0.2, 0.25) is 0 Å². The number of ether oxygens (including phenoxy) is 2. The molecule has 0 bridgehead atoms. The number of carboxylic acids is 6. The number of aliphatic carboxylic acids is 6. The molecule has 6 N–H and O–H groups in total. The van der Waals surface area contributed by atoms with Crippen molar-refractivity contribution in [2.24, 2.45) is 0 Å². The third kappa shape index (κ3) is 63.7. The predicted octanol–water partition coefficient (Wildman–Crippen LogP) is 5.31. The summed E-state index contributed by atoms with van der Waals surface area (Å²) < 4.78 is 41.4. The molecule has 0 fully saturated rings. The van der Waals surface area contributed by atoms with Crippen molar-refractivity contribution in [1.29, 1.82) is 0 Å². The van der Waals surface area contributed by atoms with E-state index in [1.165, 1.54) is 20.8 Å². The molecular formula is C35H60F3O18P2+. The van der Waals surface area contributed by atoms with Gasteiger partial charge in [0.15, 0.2) is 0 Å². The molecule has 0 atom stereocenters. The first kappa shape index (κ1) is 62.9. The van der Waals surface area contributed by atoms with Crippen molar-refractivity contribution in [1.82, 2.24) is 0 Å². The zero-order chi connectivity index (χ0) is 47.0. The highest BCUT2D eigenvalue weighted by Gasteiger charge is 2.38. The van der Waals surface area contributed by atoms with Gasteiger partial charge in [-0.1, -0.05) is 0 Å². The second-order valence-corrected chi connectivity index (χ2v) is 19.7. The first-order chi connectivity index (χ1) is 26.0. The van der Waals surface area contributed by atoms with Gasteiger partial charge in [-0.3, -0.25) is 38.4 Å². The van der Waals surface area contributed by atoms with E-state index in [2.05, 4.69) is 0 Å². The topological polar surface area (TPSA) is 311 Å². The van der Waals surface area contributed by atoms with Crippen LogP contribution in [0, 0.1) is 0 Å². The van der Waals surface area contributed by atoms with Gasteiger partial charge in [-0.25, -0.2) is 4.79 Å². The fourth-order valence-electron chi connectivity index (χ4n) is 3.40. The summed E-state index contributed by atoms with van der Waals surface area (Å²) in [6.45, 7) is 15.1. The van der Waals surface area contributed by atoms with Gasteiger partial charge in [0.25, 0.3) is 0 Å². The minimum absolute atomic E-state index is 0.00641. The van der Waals surface area contributed by atoms with Crippen molar-refractivity contribution in [3.63, 3.8) is 0 Å². The largest absolute Gasteiger partial charge is 0.490 e. The van der Waals surface area contributed by atoms with E-state index >= 15 is 0 Å². The quantitative estimate of drug-likeness (QED) is 0.0512. The van der Waals surface area contributed by atoms with Gasteiger partial charge >= 0.3 is 53.9 Å². The Morgan fingerprint density at radius 3 is 0.983 bits per heavy atom. The van der Waals surface area contributed by atoms with Crippen molar-refractivity contribution in [3.05, 3.63) is 0 Å². The Kier molecular flexibility index (Phi) is 36.6. The van der Waals surface area contributed by atoms with Crippen LogP contribution >= 0.6 is 15.8 Å².